The summed E-state index contributed by atoms with van der Waals surface area (Å²) in [5.74, 6) is 0.497. The monoisotopic (exact) mass is 415 g/mol. The number of furan rings is 1. The third-order valence-corrected chi connectivity index (χ3v) is 5.94. The number of para-hydroxylation sites is 1. The predicted molar refractivity (Wildman–Crippen MR) is 118 cm³/mol. The van der Waals surface area contributed by atoms with Gasteiger partial charge in [-0.2, -0.15) is 0 Å². The van der Waals surface area contributed by atoms with Crippen LogP contribution in [0.3, 0.4) is 0 Å². The van der Waals surface area contributed by atoms with Crippen molar-refractivity contribution in [3.63, 3.8) is 0 Å². The molecule has 0 bridgehead atoms. The number of nitrogens with zero attached hydrogens (tertiary/aromatic N) is 2. The van der Waals surface area contributed by atoms with Crippen LogP contribution < -0.4 is 10.1 Å². The summed E-state index contributed by atoms with van der Waals surface area (Å²) >= 11 is 1.53. The van der Waals surface area contributed by atoms with E-state index in [0.29, 0.717) is 17.0 Å². The van der Waals surface area contributed by atoms with Crippen molar-refractivity contribution >= 4 is 44.2 Å². The first-order chi connectivity index (χ1) is 14.6. The van der Waals surface area contributed by atoms with E-state index in [4.69, 9.17) is 9.15 Å². The van der Waals surface area contributed by atoms with Crippen LogP contribution in [0.25, 0.3) is 31.9 Å². The van der Waals surface area contributed by atoms with Crippen LogP contribution in [0.2, 0.25) is 0 Å². The Morgan fingerprint density at radius 3 is 2.83 bits per heavy atom. The number of rotatable bonds is 4. The van der Waals surface area contributed by atoms with Crippen LogP contribution in [0.1, 0.15) is 16.1 Å². The van der Waals surface area contributed by atoms with E-state index in [1.54, 1.807) is 25.4 Å². The molecular weight excluding hydrogens is 398 g/mol. The Bertz CT molecular complexity index is 1370. The lowest BCUT2D eigenvalue weighted by molar-refractivity contribution is 0.0998. The van der Waals surface area contributed by atoms with Gasteiger partial charge in [-0.1, -0.05) is 35.6 Å². The minimum Gasteiger partial charge on any atom is -0.493 e. The molecule has 2 aromatic carbocycles. The molecule has 0 aliphatic heterocycles. The van der Waals surface area contributed by atoms with E-state index in [-0.39, 0.29) is 11.7 Å². The number of nitrogens with one attached hydrogen (secondary N) is 1. The van der Waals surface area contributed by atoms with Crippen LogP contribution in [0.5, 0.6) is 5.75 Å². The highest BCUT2D eigenvalue weighted by Gasteiger charge is 2.17. The molecular formula is C23H17N3O3S. The normalized spacial score (nSPS) is 11.1. The van der Waals surface area contributed by atoms with Gasteiger partial charge in [-0.05, 0) is 42.8 Å². The number of amides is 1. The molecule has 0 saturated carbocycles. The summed E-state index contributed by atoms with van der Waals surface area (Å²) in [6.45, 7) is 1.96. The van der Waals surface area contributed by atoms with Gasteiger partial charge in [0.15, 0.2) is 17.1 Å². The lowest BCUT2D eigenvalue weighted by Gasteiger charge is -2.10. The summed E-state index contributed by atoms with van der Waals surface area (Å²) in [4.78, 5) is 22.8. The van der Waals surface area contributed by atoms with Gasteiger partial charge in [0.2, 0.25) is 0 Å². The molecule has 30 heavy (non-hydrogen) atoms. The molecule has 3 aromatic heterocycles. The molecule has 7 heteroatoms. The fourth-order valence-corrected chi connectivity index (χ4v) is 4.37. The van der Waals surface area contributed by atoms with Crippen LogP contribution in [-0.4, -0.2) is 23.0 Å². The Labute approximate surface area is 176 Å². The van der Waals surface area contributed by atoms with Crippen molar-refractivity contribution in [2.75, 3.05) is 12.4 Å². The molecule has 0 aliphatic carbocycles. The molecule has 3 heterocycles. The SMILES string of the molecule is COc1cccc2cc(C(=O)Nc3cccc(-c4nc5cccnc5s4)c3C)oc12. The fraction of sp³-hybridized carbons (Fsp3) is 0.0870. The third-order valence-electron chi connectivity index (χ3n) is 4.93. The van der Waals surface area contributed by atoms with Crippen molar-refractivity contribution in [1.29, 1.82) is 0 Å². The van der Waals surface area contributed by atoms with Crippen molar-refractivity contribution in [1.82, 2.24) is 9.97 Å². The summed E-state index contributed by atoms with van der Waals surface area (Å²) in [5.41, 5.74) is 4.01. The summed E-state index contributed by atoms with van der Waals surface area (Å²) in [6.07, 6.45) is 1.76. The molecule has 148 valence electrons. The van der Waals surface area contributed by atoms with Gasteiger partial charge in [-0.3, -0.25) is 4.79 Å². The van der Waals surface area contributed by atoms with Crippen molar-refractivity contribution in [2.24, 2.45) is 0 Å². The highest BCUT2D eigenvalue weighted by molar-refractivity contribution is 7.21. The first-order valence-electron chi connectivity index (χ1n) is 9.33. The predicted octanol–water partition coefficient (Wildman–Crippen LogP) is 5.67. The highest BCUT2D eigenvalue weighted by Crippen LogP contribution is 2.34. The number of benzene rings is 2. The molecule has 5 rings (SSSR count). The zero-order chi connectivity index (χ0) is 20.7. The van der Waals surface area contributed by atoms with Crippen molar-refractivity contribution in [2.45, 2.75) is 6.92 Å². The van der Waals surface area contributed by atoms with Crippen LogP contribution in [-0.2, 0) is 0 Å². The van der Waals surface area contributed by atoms with Crippen LogP contribution in [0.4, 0.5) is 5.69 Å². The number of hydrogen-bond donors (Lipinski definition) is 1. The number of aromatic nitrogens is 2. The molecule has 0 saturated heterocycles. The number of hydrogen-bond acceptors (Lipinski definition) is 6. The molecule has 6 nitrogen and oxygen atoms in total. The van der Waals surface area contributed by atoms with E-state index in [9.17, 15) is 4.79 Å². The minimum absolute atomic E-state index is 0.225. The molecule has 1 N–H and O–H groups in total. The van der Waals surface area contributed by atoms with Gasteiger partial charge in [-0.25, -0.2) is 9.97 Å². The van der Waals surface area contributed by atoms with E-state index in [1.165, 1.54) is 11.3 Å². The third kappa shape index (κ3) is 3.09. The largest absolute Gasteiger partial charge is 0.493 e. The number of pyridine rings is 1. The van der Waals surface area contributed by atoms with Gasteiger partial charge in [0.25, 0.3) is 5.91 Å². The molecule has 0 spiro atoms. The van der Waals surface area contributed by atoms with Gasteiger partial charge in [0, 0.05) is 22.8 Å². The van der Waals surface area contributed by atoms with Crippen LogP contribution >= 0.6 is 11.3 Å². The maximum Gasteiger partial charge on any atom is 0.291 e. The zero-order valence-electron chi connectivity index (χ0n) is 16.3. The zero-order valence-corrected chi connectivity index (χ0v) is 17.1. The number of methoxy groups -OCH3 is 1. The van der Waals surface area contributed by atoms with Gasteiger partial charge < -0.3 is 14.5 Å². The van der Waals surface area contributed by atoms with E-state index in [0.717, 1.165) is 31.9 Å². The van der Waals surface area contributed by atoms with Gasteiger partial charge in [0.05, 0.1) is 7.11 Å². The van der Waals surface area contributed by atoms with Gasteiger partial charge in [0.1, 0.15) is 15.4 Å². The maximum atomic E-state index is 12.9. The van der Waals surface area contributed by atoms with E-state index < -0.39 is 0 Å². The molecule has 5 aromatic rings. The fourth-order valence-electron chi connectivity index (χ4n) is 3.38. The second kappa shape index (κ2) is 7.27. The number of ether oxygens (including phenoxy) is 1. The number of carbonyl (C=O) groups excluding carboxylic acids is 1. The summed E-state index contributed by atoms with van der Waals surface area (Å²) in [6, 6.07) is 16.8. The Morgan fingerprint density at radius 1 is 1.13 bits per heavy atom. The Kier molecular flexibility index (Phi) is 4.44. The number of anilines is 1. The molecule has 0 unspecified atom stereocenters. The number of thiazole rings is 1. The number of carbonyl (C=O) groups is 1. The topological polar surface area (TPSA) is 77.2 Å². The maximum absolute atomic E-state index is 12.9. The van der Waals surface area contributed by atoms with Crippen molar-refractivity contribution in [3.05, 3.63) is 72.1 Å². The van der Waals surface area contributed by atoms with Crippen molar-refractivity contribution in [3.8, 4) is 16.3 Å². The minimum atomic E-state index is -0.320. The Morgan fingerprint density at radius 2 is 2.00 bits per heavy atom. The quantitative estimate of drug-likeness (QED) is 0.409. The molecule has 0 aliphatic rings. The standard InChI is InChI=1S/C23H17N3O3S/c1-13-15(22-26-17-9-5-11-24-23(17)30-22)7-4-8-16(13)25-21(27)19-12-14-6-3-10-18(28-2)20(14)29-19/h3-12H,1-2H3,(H,25,27). The molecule has 0 radical (unpaired) electrons. The molecule has 1 amide bonds. The van der Waals surface area contributed by atoms with E-state index >= 15 is 0 Å². The molecule has 0 fully saturated rings. The average Bonchev–Trinajstić information content (AvgIpc) is 3.39. The summed E-state index contributed by atoms with van der Waals surface area (Å²) < 4.78 is 11.1. The smallest absolute Gasteiger partial charge is 0.291 e. The lowest BCUT2D eigenvalue weighted by atomic mass is 10.1. The van der Waals surface area contributed by atoms with E-state index in [2.05, 4.69) is 15.3 Å². The first-order valence-corrected chi connectivity index (χ1v) is 10.1. The van der Waals surface area contributed by atoms with Crippen molar-refractivity contribution < 1.29 is 13.9 Å². The second-order valence-electron chi connectivity index (χ2n) is 6.77. The van der Waals surface area contributed by atoms with Crippen LogP contribution in [0, 0.1) is 6.92 Å². The number of fused-ring (bicyclic) bond motifs is 2. The molecule has 0 atom stereocenters. The van der Waals surface area contributed by atoms with Gasteiger partial charge in [-0.15, -0.1) is 0 Å². The first kappa shape index (κ1) is 18.3. The Hall–Kier alpha value is -3.71. The average molecular weight is 415 g/mol. The summed E-state index contributed by atoms with van der Waals surface area (Å²) in [7, 11) is 1.57. The van der Waals surface area contributed by atoms with E-state index in [1.807, 2.05) is 49.4 Å². The second-order valence-corrected chi connectivity index (χ2v) is 7.75. The van der Waals surface area contributed by atoms with Gasteiger partial charge >= 0.3 is 0 Å². The Balaban J connectivity index is 1.48. The van der Waals surface area contributed by atoms with Crippen LogP contribution in [0.15, 0.2) is 65.2 Å². The summed E-state index contributed by atoms with van der Waals surface area (Å²) in [5, 5.41) is 4.64. The highest BCUT2D eigenvalue weighted by atomic mass is 32.1. The lowest BCUT2D eigenvalue weighted by Crippen LogP contribution is -2.12.